The minimum atomic E-state index is 0.566. The summed E-state index contributed by atoms with van der Waals surface area (Å²) in [6, 6.07) is 10.1. The van der Waals surface area contributed by atoms with Gasteiger partial charge in [0.2, 0.25) is 0 Å². The van der Waals surface area contributed by atoms with E-state index >= 15 is 0 Å². The Hall–Kier alpha value is -1.98. The van der Waals surface area contributed by atoms with Crippen molar-refractivity contribution >= 4 is 28.6 Å². The predicted octanol–water partition coefficient (Wildman–Crippen LogP) is 4.60. The van der Waals surface area contributed by atoms with E-state index in [0.717, 1.165) is 22.0 Å². The number of hydrogen-bond acceptors (Lipinski definition) is 4. The molecule has 1 N–H and O–H groups in total. The van der Waals surface area contributed by atoms with Crippen molar-refractivity contribution in [3.05, 3.63) is 58.3 Å². The lowest BCUT2D eigenvalue weighted by Crippen LogP contribution is -2.02. The second kappa shape index (κ2) is 6.85. The van der Waals surface area contributed by atoms with Gasteiger partial charge in [0.05, 0.1) is 18.8 Å². The summed E-state index contributed by atoms with van der Waals surface area (Å²) in [6.07, 6.45) is 5.80. The molecule has 0 amide bonds. The lowest BCUT2D eigenvalue weighted by atomic mass is 10.2. The second-order valence-electron chi connectivity index (χ2n) is 4.64. The van der Waals surface area contributed by atoms with Gasteiger partial charge in [0.15, 0.2) is 4.47 Å². The van der Waals surface area contributed by atoms with Crippen molar-refractivity contribution in [3.63, 3.8) is 0 Å². The Kier molecular flexibility index (Phi) is 4.65. The Bertz CT molecular complexity index is 740. The van der Waals surface area contributed by atoms with Gasteiger partial charge in [-0.1, -0.05) is 11.6 Å². The van der Waals surface area contributed by atoms with Crippen molar-refractivity contribution in [2.75, 3.05) is 11.9 Å². The van der Waals surface area contributed by atoms with Crippen LogP contribution in [-0.2, 0) is 6.54 Å². The Morgan fingerprint density at radius 2 is 2.14 bits per heavy atom. The van der Waals surface area contributed by atoms with Crippen LogP contribution in [0.3, 0.4) is 0 Å². The number of nitrogens with zero attached hydrogens (tertiary/aromatic N) is 2. The predicted molar refractivity (Wildman–Crippen MR) is 91.4 cm³/mol. The zero-order valence-corrected chi connectivity index (χ0v) is 13.7. The Balaban J connectivity index is 1.81. The van der Waals surface area contributed by atoms with Crippen LogP contribution in [0.1, 0.15) is 11.8 Å². The first-order valence-electron chi connectivity index (χ1n) is 7.00. The first-order valence-corrected chi connectivity index (χ1v) is 8.20. The zero-order chi connectivity index (χ0) is 15.4. The molecule has 2 heterocycles. The fourth-order valence-corrected chi connectivity index (χ4v) is 3.07. The molecule has 4 nitrogen and oxygen atoms in total. The van der Waals surface area contributed by atoms with E-state index in [4.69, 9.17) is 16.3 Å². The van der Waals surface area contributed by atoms with Crippen molar-refractivity contribution in [3.8, 4) is 11.4 Å². The van der Waals surface area contributed by atoms with Gasteiger partial charge in [-0.3, -0.25) is 0 Å². The molecule has 3 aromatic rings. The van der Waals surface area contributed by atoms with E-state index in [9.17, 15) is 0 Å². The minimum Gasteiger partial charge on any atom is -0.492 e. The lowest BCUT2D eigenvalue weighted by molar-refractivity contribution is 0.339. The number of halogens is 1. The standard InChI is InChI=1S/C16H16ClN3OS/c1-2-21-15-6-5-12(9-14(15)20-7-3-4-8-20)18-10-13-11-19-16(17)22-13/h3-9,11,18H,2,10H2,1H3. The number of nitrogens with one attached hydrogen (secondary N) is 1. The second-order valence-corrected chi connectivity index (χ2v) is 6.34. The van der Waals surface area contributed by atoms with E-state index in [1.807, 2.05) is 48.1 Å². The molecule has 0 aliphatic carbocycles. The van der Waals surface area contributed by atoms with Crippen LogP contribution in [0, 0.1) is 0 Å². The smallest absolute Gasteiger partial charge is 0.183 e. The van der Waals surface area contributed by atoms with E-state index in [1.165, 1.54) is 11.3 Å². The maximum Gasteiger partial charge on any atom is 0.183 e. The molecule has 6 heteroatoms. The molecule has 0 unspecified atom stereocenters. The average Bonchev–Trinajstić information content (AvgIpc) is 3.18. The monoisotopic (exact) mass is 333 g/mol. The van der Waals surface area contributed by atoms with Gasteiger partial charge in [-0.25, -0.2) is 4.98 Å². The van der Waals surface area contributed by atoms with Crippen molar-refractivity contribution in [1.29, 1.82) is 0 Å². The molecule has 22 heavy (non-hydrogen) atoms. The van der Waals surface area contributed by atoms with Crippen molar-refractivity contribution < 1.29 is 4.74 Å². The van der Waals surface area contributed by atoms with Gasteiger partial charge < -0.3 is 14.6 Å². The summed E-state index contributed by atoms with van der Waals surface area (Å²) in [4.78, 5) is 5.14. The highest BCUT2D eigenvalue weighted by Crippen LogP contribution is 2.27. The van der Waals surface area contributed by atoms with Gasteiger partial charge in [-0.15, -0.1) is 11.3 Å². The SMILES string of the molecule is CCOc1ccc(NCc2cnc(Cl)s2)cc1-n1cccc1. The highest BCUT2D eigenvalue weighted by molar-refractivity contribution is 7.15. The van der Waals surface area contributed by atoms with Crippen molar-refractivity contribution in [1.82, 2.24) is 9.55 Å². The summed E-state index contributed by atoms with van der Waals surface area (Å²) in [6.45, 7) is 3.32. The maximum atomic E-state index is 5.85. The van der Waals surface area contributed by atoms with Crippen LogP contribution < -0.4 is 10.1 Å². The molecule has 0 bridgehead atoms. The quantitative estimate of drug-likeness (QED) is 0.716. The molecule has 3 rings (SSSR count). The van der Waals surface area contributed by atoms with Crippen LogP contribution >= 0.6 is 22.9 Å². The highest BCUT2D eigenvalue weighted by atomic mass is 35.5. The summed E-state index contributed by atoms with van der Waals surface area (Å²) in [5.41, 5.74) is 2.04. The molecule has 0 atom stereocenters. The third-order valence-electron chi connectivity index (χ3n) is 3.13. The number of rotatable bonds is 6. The van der Waals surface area contributed by atoms with Crippen LogP contribution in [0.4, 0.5) is 5.69 Å². The normalized spacial score (nSPS) is 10.6. The maximum absolute atomic E-state index is 5.85. The molecule has 0 fully saturated rings. The average molecular weight is 334 g/mol. The van der Waals surface area contributed by atoms with E-state index in [-0.39, 0.29) is 0 Å². The summed E-state index contributed by atoms with van der Waals surface area (Å²) >= 11 is 7.33. The highest BCUT2D eigenvalue weighted by Gasteiger charge is 2.07. The zero-order valence-electron chi connectivity index (χ0n) is 12.1. The van der Waals surface area contributed by atoms with Gasteiger partial charge in [0.25, 0.3) is 0 Å². The molecule has 2 aromatic heterocycles. The molecule has 114 valence electrons. The third-order valence-corrected chi connectivity index (χ3v) is 4.25. The van der Waals surface area contributed by atoms with Crippen LogP contribution in [0.5, 0.6) is 5.75 Å². The van der Waals surface area contributed by atoms with Crippen LogP contribution in [0.25, 0.3) is 5.69 Å². The van der Waals surface area contributed by atoms with E-state index in [1.54, 1.807) is 6.20 Å². The van der Waals surface area contributed by atoms with Crippen LogP contribution in [0.2, 0.25) is 4.47 Å². The first-order chi connectivity index (χ1) is 10.8. The molecular weight excluding hydrogens is 318 g/mol. The molecular formula is C16H16ClN3OS. The van der Waals surface area contributed by atoms with Crippen molar-refractivity contribution in [2.24, 2.45) is 0 Å². The van der Waals surface area contributed by atoms with E-state index in [2.05, 4.69) is 16.4 Å². The fraction of sp³-hybridized carbons (Fsp3) is 0.188. The number of aromatic nitrogens is 2. The van der Waals surface area contributed by atoms with Crippen molar-refractivity contribution in [2.45, 2.75) is 13.5 Å². The number of ether oxygens (including phenoxy) is 1. The van der Waals surface area contributed by atoms with Crippen LogP contribution in [-0.4, -0.2) is 16.2 Å². The molecule has 0 aliphatic heterocycles. The van der Waals surface area contributed by atoms with Gasteiger partial charge in [0, 0.05) is 29.2 Å². The molecule has 0 saturated heterocycles. The molecule has 0 aliphatic rings. The summed E-state index contributed by atoms with van der Waals surface area (Å²) < 4.78 is 8.32. The summed E-state index contributed by atoms with van der Waals surface area (Å²) in [5.74, 6) is 0.866. The third kappa shape index (κ3) is 3.43. The van der Waals surface area contributed by atoms with E-state index < -0.39 is 0 Å². The molecule has 0 radical (unpaired) electrons. The Morgan fingerprint density at radius 3 is 2.82 bits per heavy atom. The molecule has 1 aromatic carbocycles. The molecule has 0 spiro atoms. The first kappa shape index (κ1) is 14.9. The topological polar surface area (TPSA) is 39.1 Å². The number of hydrogen-bond donors (Lipinski definition) is 1. The number of anilines is 1. The largest absolute Gasteiger partial charge is 0.492 e. The Morgan fingerprint density at radius 1 is 1.32 bits per heavy atom. The van der Waals surface area contributed by atoms with Gasteiger partial charge in [-0.2, -0.15) is 0 Å². The summed E-state index contributed by atoms with van der Waals surface area (Å²) in [5, 5.41) is 3.39. The Labute approximate surface area is 138 Å². The number of benzene rings is 1. The van der Waals surface area contributed by atoms with E-state index in [0.29, 0.717) is 17.6 Å². The summed E-state index contributed by atoms with van der Waals surface area (Å²) in [7, 11) is 0. The lowest BCUT2D eigenvalue weighted by Gasteiger charge is -2.14. The van der Waals surface area contributed by atoms with Gasteiger partial charge in [-0.05, 0) is 37.3 Å². The minimum absolute atomic E-state index is 0.566. The fourth-order valence-electron chi connectivity index (χ4n) is 2.16. The van der Waals surface area contributed by atoms with Gasteiger partial charge in [0.1, 0.15) is 5.75 Å². The van der Waals surface area contributed by atoms with Gasteiger partial charge >= 0.3 is 0 Å². The van der Waals surface area contributed by atoms with Crippen LogP contribution in [0.15, 0.2) is 48.9 Å². The number of thiazole rings is 1. The molecule has 0 saturated carbocycles.